The highest BCUT2D eigenvalue weighted by molar-refractivity contribution is 5.85. The Kier molecular flexibility index (Phi) is 5.90. The lowest BCUT2D eigenvalue weighted by molar-refractivity contribution is -0.135. The lowest BCUT2D eigenvalue weighted by atomic mass is 10.1. The van der Waals surface area contributed by atoms with E-state index in [9.17, 15) is 9.59 Å². The predicted molar refractivity (Wildman–Crippen MR) is 101 cm³/mol. The van der Waals surface area contributed by atoms with E-state index >= 15 is 0 Å². The molecule has 0 bridgehead atoms. The third kappa shape index (κ3) is 4.75. The molecule has 27 heavy (non-hydrogen) atoms. The molecule has 0 aliphatic carbocycles. The van der Waals surface area contributed by atoms with E-state index < -0.39 is 0 Å². The normalized spacial score (nSPS) is 14.2. The van der Waals surface area contributed by atoms with Crippen LogP contribution in [-0.4, -0.2) is 53.5 Å². The van der Waals surface area contributed by atoms with E-state index in [1.165, 1.54) is 0 Å². The molecule has 1 N–H and O–H groups in total. The molecule has 142 valence electrons. The number of hydrogen-bond acceptors (Lipinski definition) is 4. The quantitative estimate of drug-likeness (QED) is 0.875. The van der Waals surface area contributed by atoms with Gasteiger partial charge in [-0.15, -0.1) is 0 Å². The summed E-state index contributed by atoms with van der Waals surface area (Å²) in [7, 11) is 1.62. The van der Waals surface area contributed by atoms with Gasteiger partial charge in [-0.3, -0.25) is 9.78 Å². The summed E-state index contributed by atoms with van der Waals surface area (Å²) < 4.78 is 5.22. The minimum absolute atomic E-state index is 0.0562. The van der Waals surface area contributed by atoms with Crippen molar-refractivity contribution >= 4 is 11.9 Å². The van der Waals surface area contributed by atoms with Crippen molar-refractivity contribution in [3.63, 3.8) is 0 Å². The topological polar surface area (TPSA) is 74.8 Å². The second-order valence-corrected chi connectivity index (χ2v) is 6.55. The van der Waals surface area contributed by atoms with Gasteiger partial charge in [0.2, 0.25) is 5.91 Å². The summed E-state index contributed by atoms with van der Waals surface area (Å²) in [5.74, 6) is 0.712. The molecule has 1 aliphatic rings. The molecule has 0 saturated carbocycles. The molecule has 1 fully saturated rings. The first-order chi connectivity index (χ1) is 13.1. The number of nitrogens with zero attached hydrogens (tertiary/aromatic N) is 3. The first-order valence-corrected chi connectivity index (χ1v) is 8.90. The fraction of sp³-hybridized carbons (Fsp3) is 0.350. The Labute approximate surface area is 158 Å². The largest absolute Gasteiger partial charge is 0.497 e. The van der Waals surface area contributed by atoms with E-state index in [1.54, 1.807) is 29.3 Å². The van der Waals surface area contributed by atoms with Crippen LogP contribution in [0.15, 0.2) is 42.7 Å². The Balaban J connectivity index is 1.52. The highest BCUT2D eigenvalue weighted by atomic mass is 16.5. The molecule has 1 saturated heterocycles. The van der Waals surface area contributed by atoms with Gasteiger partial charge in [0.1, 0.15) is 12.3 Å². The molecule has 7 nitrogen and oxygen atoms in total. The van der Waals surface area contributed by atoms with Crippen molar-refractivity contribution in [1.29, 1.82) is 0 Å². The number of urea groups is 1. The third-order valence-electron chi connectivity index (χ3n) is 4.68. The number of carbonyl (C=O) groups excluding carboxylic acids is 2. The lowest BCUT2D eigenvalue weighted by Gasteiger charge is -2.34. The van der Waals surface area contributed by atoms with Gasteiger partial charge in [-0.1, -0.05) is 12.1 Å². The summed E-state index contributed by atoms with van der Waals surface area (Å²) in [6.45, 7) is 4.00. The van der Waals surface area contributed by atoms with Crippen LogP contribution in [0.3, 0.4) is 0 Å². The monoisotopic (exact) mass is 368 g/mol. The number of carbonyl (C=O) groups is 2. The summed E-state index contributed by atoms with van der Waals surface area (Å²) in [6.07, 6.45) is 3.47. The maximum absolute atomic E-state index is 12.5. The van der Waals surface area contributed by atoms with Gasteiger partial charge in [0.05, 0.1) is 7.11 Å². The Hall–Kier alpha value is -3.09. The van der Waals surface area contributed by atoms with Crippen LogP contribution in [0.5, 0.6) is 5.75 Å². The Morgan fingerprint density at radius 1 is 1.30 bits per heavy atom. The number of methoxy groups -OCH3 is 1. The van der Waals surface area contributed by atoms with Gasteiger partial charge in [-0.2, -0.15) is 0 Å². The minimum Gasteiger partial charge on any atom is -0.497 e. The van der Waals surface area contributed by atoms with Crippen molar-refractivity contribution in [1.82, 2.24) is 20.1 Å². The standard InChI is InChI=1S/C20H24N4O3/c1-15-11-21-7-6-17(15)12-22-20(26)24-9-8-23(19(25)14-24)13-16-4-3-5-18(10-16)27-2/h3-7,10-11H,8-9,12-14H2,1-2H3,(H,22,26). The number of nitrogens with one attached hydrogen (secondary N) is 1. The molecule has 0 radical (unpaired) electrons. The first-order valence-electron chi connectivity index (χ1n) is 8.90. The number of hydrogen-bond donors (Lipinski definition) is 1. The zero-order chi connectivity index (χ0) is 19.2. The van der Waals surface area contributed by atoms with Crippen LogP contribution >= 0.6 is 0 Å². The van der Waals surface area contributed by atoms with E-state index in [0.29, 0.717) is 26.2 Å². The fourth-order valence-electron chi connectivity index (χ4n) is 3.02. The van der Waals surface area contributed by atoms with Crippen molar-refractivity contribution < 1.29 is 14.3 Å². The smallest absolute Gasteiger partial charge is 0.318 e. The number of amides is 3. The van der Waals surface area contributed by atoms with Gasteiger partial charge in [0, 0.05) is 38.6 Å². The number of rotatable bonds is 5. The number of aryl methyl sites for hydroxylation is 1. The number of ether oxygens (including phenoxy) is 1. The first kappa shape index (κ1) is 18.7. The number of pyridine rings is 1. The molecule has 0 atom stereocenters. The molecule has 2 heterocycles. The second-order valence-electron chi connectivity index (χ2n) is 6.55. The van der Waals surface area contributed by atoms with Crippen LogP contribution in [0.1, 0.15) is 16.7 Å². The Morgan fingerprint density at radius 3 is 2.89 bits per heavy atom. The highest BCUT2D eigenvalue weighted by Crippen LogP contribution is 2.16. The van der Waals surface area contributed by atoms with Crippen LogP contribution < -0.4 is 10.1 Å². The zero-order valence-corrected chi connectivity index (χ0v) is 15.6. The number of benzene rings is 1. The van der Waals surface area contributed by atoms with Crippen molar-refractivity contribution in [2.75, 3.05) is 26.7 Å². The number of piperazine rings is 1. The van der Waals surface area contributed by atoms with Crippen molar-refractivity contribution in [3.05, 3.63) is 59.4 Å². The number of aromatic nitrogens is 1. The summed E-state index contributed by atoms with van der Waals surface area (Å²) >= 11 is 0. The summed E-state index contributed by atoms with van der Waals surface area (Å²) in [6, 6.07) is 9.32. The van der Waals surface area contributed by atoms with Gasteiger partial charge >= 0.3 is 6.03 Å². The average molecular weight is 368 g/mol. The predicted octanol–water partition coefficient (Wildman–Crippen LogP) is 1.95. The van der Waals surface area contributed by atoms with E-state index in [4.69, 9.17) is 4.74 Å². The Morgan fingerprint density at radius 2 is 2.15 bits per heavy atom. The van der Waals surface area contributed by atoms with Gasteiger partial charge in [-0.05, 0) is 41.8 Å². The van der Waals surface area contributed by atoms with Crippen molar-refractivity contribution in [3.8, 4) is 5.75 Å². The summed E-state index contributed by atoms with van der Waals surface area (Å²) in [5, 5.41) is 2.88. The fourth-order valence-corrected chi connectivity index (χ4v) is 3.02. The molecule has 3 amide bonds. The van der Waals surface area contributed by atoms with Crippen LogP contribution in [0.2, 0.25) is 0 Å². The SMILES string of the molecule is COc1cccc(CN2CCN(C(=O)NCc3ccncc3C)CC2=O)c1. The maximum Gasteiger partial charge on any atom is 0.318 e. The van der Waals surface area contributed by atoms with Crippen molar-refractivity contribution in [2.24, 2.45) is 0 Å². The van der Waals surface area contributed by atoms with Crippen LogP contribution in [0, 0.1) is 6.92 Å². The highest BCUT2D eigenvalue weighted by Gasteiger charge is 2.27. The summed E-state index contributed by atoms with van der Waals surface area (Å²) in [5.41, 5.74) is 3.05. The van der Waals surface area contributed by atoms with Gasteiger partial charge in [0.15, 0.2) is 0 Å². The van der Waals surface area contributed by atoms with Crippen molar-refractivity contribution in [2.45, 2.75) is 20.0 Å². The molecular formula is C20H24N4O3. The molecule has 1 aromatic carbocycles. The molecule has 0 unspecified atom stereocenters. The van der Waals surface area contributed by atoms with Crippen LogP contribution in [0.25, 0.3) is 0 Å². The van der Waals surface area contributed by atoms with Crippen LogP contribution in [0.4, 0.5) is 4.79 Å². The molecule has 0 spiro atoms. The second kappa shape index (κ2) is 8.53. The molecule has 2 aromatic rings. The zero-order valence-electron chi connectivity index (χ0n) is 15.6. The molecule has 1 aliphatic heterocycles. The Bertz CT molecular complexity index is 824. The third-order valence-corrected chi connectivity index (χ3v) is 4.68. The molecule has 7 heteroatoms. The van der Waals surface area contributed by atoms with E-state index in [-0.39, 0.29) is 18.5 Å². The molecule has 3 rings (SSSR count). The van der Waals surface area contributed by atoms with Gasteiger partial charge in [0.25, 0.3) is 0 Å². The van der Waals surface area contributed by atoms with E-state index in [0.717, 1.165) is 22.4 Å². The molecule has 1 aromatic heterocycles. The average Bonchev–Trinajstić information content (AvgIpc) is 2.69. The minimum atomic E-state index is -0.222. The van der Waals surface area contributed by atoms with Gasteiger partial charge in [-0.25, -0.2) is 4.79 Å². The maximum atomic E-state index is 12.5. The van der Waals surface area contributed by atoms with E-state index in [1.807, 2.05) is 37.3 Å². The van der Waals surface area contributed by atoms with E-state index in [2.05, 4.69) is 10.3 Å². The lowest BCUT2D eigenvalue weighted by Crippen LogP contribution is -2.54. The summed E-state index contributed by atoms with van der Waals surface area (Å²) in [4.78, 5) is 32.2. The van der Waals surface area contributed by atoms with Crippen LogP contribution in [-0.2, 0) is 17.9 Å². The molecular weight excluding hydrogens is 344 g/mol. The van der Waals surface area contributed by atoms with Gasteiger partial charge < -0.3 is 19.9 Å².